The van der Waals surface area contributed by atoms with Crippen LogP contribution < -0.4 is 0 Å². The number of fused-ring (bicyclic) bond motifs is 7. The van der Waals surface area contributed by atoms with Crippen LogP contribution in [0.3, 0.4) is 0 Å². The third-order valence-electron chi connectivity index (χ3n) is 6.08. The molecule has 0 aromatic heterocycles. The van der Waals surface area contributed by atoms with E-state index in [1.165, 1.54) is 17.2 Å². The van der Waals surface area contributed by atoms with E-state index >= 15 is 0 Å². The van der Waals surface area contributed by atoms with Gasteiger partial charge in [0, 0.05) is 12.5 Å². The van der Waals surface area contributed by atoms with Gasteiger partial charge >= 0.3 is 0 Å². The third kappa shape index (κ3) is 2.19. The van der Waals surface area contributed by atoms with Crippen LogP contribution in [0.2, 0.25) is 0 Å². The molecule has 2 aliphatic heterocycles. The Hall–Kier alpha value is -2.69. The molecule has 2 aromatic carbocycles. The maximum absolute atomic E-state index is 14.1. The predicted octanol–water partition coefficient (Wildman–Crippen LogP) is 2.63. The minimum Gasteiger partial charge on any atom is -0.334 e. The molecule has 2 saturated heterocycles. The average molecular weight is 350 g/mol. The van der Waals surface area contributed by atoms with E-state index in [2.05, 4.69) is 12.1 Å². The van der Waals surface area contributed by atoms with Crippen LogP contribution in [0.15, 0.2) is 42.5 Å². The Morgan fingerprint density at radius 3 is 2.73 bits per heavy atom. The number of carbonyl (C=O) groups excluding carboxylic acids is 2. The van der Waals surface area contributed by atoms with Gasteiger partial charge in [-0.25, -0.2) is 4.39 Å². The Labute approximate surface area is 151 Å². The number of rotatable bonds is 1. The van der Waals surface area contributed by atoms with Crippen molar-refractivity contribution in [1.82, 2.24) is 9.80 Å². The molecule has 2 aromatic rings. The normalized spacial score (nSPS) is 26.5. The molecule has 3 atom stereocenters. The highest BCUT2D eigenvalue weighted by molar-refractivity contribution is 5.83. The van der Waals surface area contributed by atoms with Crippen LogP contribution in [0.25, 0.3) is 0 Å². The topological polar surface area (TPSA) is 40.6 Å². The molecule has 0 unspecified atom stereocenters. The summed E-state index contributed by atoms with van der Waals surface area (Å²) < 4.78 is 14.1. The first-order valence-electron chi connectivity index (χ1n) is 9.02. The molecule has 0 N–H and O–H groups in total. The molecule has 2 amide bonds. The van der Waals surface area contributed by atoms with Crippen molar-refractivity contribution in [2.45, 2.75) is 30.8 Å². The van der Waals surface area contributed by atoms with Gasteiger partial charge < -0.3 is 9.80 Å². The minimum absolute atomic E-state index is 0.0151. The standard InChI is InChI=1S/C21H19FN2O2/c22-15-6-5-14-7-13-3-1-2-4-17(13)19-9-16-10-23(12-25)11-20(26)24(16)21(19)18(14)8-15/h1-6,8,12,16,19,21H,7,9-11H2/t16-,19-,21-/m1/s1. The number of piperazine rings is 1. The zero-order chi connectivity index (χ0) is 17.8. The second-order valence-corrected chi connectivity index (χ2v) is 7.50. The van der Waals surface area contributed by atoms with E-state index in [0.29, 0.717) is 6.54 Å². The lowest BCUT2D eigenvalue weighted by Gasteiger charge is -2.39. The highest BCUT2D eigenvalue weighted by Crippen LogP contribution is 2.51. The summed E-state index contributed by atoms with van der Waals surface area (Å²) in [6.07, 6.45) is 2.31. The second-order valence-electron chi connectivity index (χ2n) is 7.50. The van der Waals surface area contributed by atoms with Gasteiger partial charge in [-0.05, 0) is 47.2 Å². The fraction of sp³-hybridized carbons (Fsp3) is 0.333. The smallest absolute Gasteiger partial charge is 0.243 e. The lowest BCUT2D eigenvalue weighted by Crippen LogP contribution is -2.53. The number of halogens is 1. The van der Waals surface area contributed by atoms with Crippen molar-refractivity contribution in [3.63, 3.8) is 0 Å². The molecule has 26 heavy (non-hydrogen) atoms. The van der Waals surface area contributed by atoms with Crippen molar-refractivity contribution < 1.29 is 14.0 Å². The van der Waals surface area contributed by atoms with Crippen LogP contribution >= 0.6 is 0 Å². The second kappa shape index (κ2) is 5.66. The van der Waals surface area contributed by atoms with Crippen molar-refractivity contribution in [2.24, 2.45) is 0 Å². The molecule has 5 heteroatoms. The molecule has 0 radical (unpaired) electrons. The minimum atomic E-state index is -0.268. The van der Waals surface area contributed by atoms with Crippen molar-refractivity contribution in [2.75, 3.05) is 13.1 Å². The molecule has 2 fully saturated rings. The Kier molecular flexibility index (Phi) is 3.39. The first kappa shape index (κ1) is 15.6. The van der Waals surface area contributed by atoms with Crippen LogP contribution in [0.5, 0.6) is 0 Å². The molecular weight excluding hydrogens is 331 g/mol. The van der Waals surface area contributed by atoms with Gasteiger partial charge in [0.1, 0.15) is 5.82 Å². The molecule has 0 spiro atoms. The highest BCUT2D eigenvalue weighted by Gasteiger charge is 2.49. The van der Waals surface area contributed by atoms with Crippen LogP contribution in [0, 0.1) is 5.82 Å². The van der Waals surface area contributed by atoms with Gasteiger partial charge in [0.05, 0.1) is 18.6 Å². The highest BCUT2D eigenvalue weighted by atomic mass is 19.1. The quantitative estimate of drug-likeness (QED) is 0.742. The van der Waals surface area contributed by atoms with Crippen molar-refractivity contribution in [3.8, 4) is 0 Å². The van der Waals surface area contributed by atoms with Gasteiger partial charge in [0.15, 0.2) is 0 Å². The molecular formula is C21H19FN2O2. The van der Waals surface area contributed by atoms with Crippen molar-refractivity contribution >= 4 is 12.3 Å². The molecule has 1 aliphatic carbocycles. The summed E-state index contributed by atoms with van der Waals surface area (Å²) in [5.41, 5.74) is 4.49. The molecule has 4 nitrogen and oxygen atoms in total. The first-order valence-corrected chi connectivity index (χ1v) is 9.02. The van der Waals surface area contributed by atoms with Crippen LogP contribution in [0.1, 0.15) is 40.6 Å². The number of carbonyl (C=O) groups is 2. The van der Waals surface area contributed by atoms with E-state index in [1.807, 2.05) is 23.1 Å². The maximum atomic E-state index is 14.1. The largest absolute Gasteiger partial charge is 0.334 e. The third-order valence-corrected chi connectivity index (χ3v) is 6.08. The van der Waals surface area contributed by atoms with Crippen molar-refractivity contribution in [3.05, 3.63) is 70.5 Å². The first-order chi connectivity index (χ1) is 12.7. The summed E-state index contributed by atoms with van der Waals surface area (Å²) in [4.78, 5) is 27.5. The summed E-state index contributed by atoms with van der Waals surface area (Å²) in [5, 5.41) is 0. The van der Waals surface area contributed by atoms with Gasteiger partial charge in [0.25, 0.3) is 0 Å². The number of hydrogen-bond acceptors (Lipinski definition) is 2. The van der Waals surface area contributed by atoms with E-state index in [-0.39, 0.29) is 36.3 Å². The van der Waals surface area contributed by atoms with Gasteiger partial charge in [-0.2, -0.15) is 0 Å². The Morgan fingerprint density at radius 2 is 1.88 bits per heavy atom. The Balaban J connectivity index is 1.69. The van der Waals surface area contributed by atoms with Crippen molar-refractivity contribution in [1.29, 1.82) is 0 Å². The monoisotopic (exact) mass is 350 g/mol. The average Bonchev–Trinajstić information content (AvgIpc) is 2.97. The van der Waals surface area contributed by atoms with Gasteiger partial charge in [-0.3, -0.25) is 9.59 Å². The van der Waals surface area contributed by atoms with Crippen LogP contribution in [0.4, 0.5) is 4.39 Å². The Bertz CT molecular complexity index is 913. The lowest BCUT2D eigenvalue weighted by atomic mass is 9.87. The molecule has 3 aliphatic rings. The Morgan fingerprint density at radius 1 is 1.08 bits per heavy atom. The fourth-order valence-electron chi connectivity index (χ4n) is 5.08. The summed E-state index contributed by atoms with van der Waals surface area (Å²) >= 11 is 0. The summed E-state index contributed by atoms with van der Waals surface area (Å²) in [7, 11) is 0. The number of nitrogens with zero attached hydrogens (tertiary/aromatic N) is 2. The SMILES string of the molecule is O=CN1CC(=O)N2[C@H](C[C@@H]3c4ccccc4Cc4ccc(F)cc4[C@H]32)C1. The number of amides is 2. The summed E-state index contributed by atoms with van der Waals surface area (Å²) in [5.74, 6) is -0.180. The lowest BCUT2D eigenvalue weighted by molar-refractivity contribution is -0.144. The maximum Gasteiger partial charge on any atom is 0.243 e. The fourth-order valence-corrected chi connectivity index (χ4v) is 5.08. The van der Waals surface area contributed by atoms with E-state index in [0.717, 1.165) is 30.4 Å². The van der Waals surface area contributed by atoms with Gasteiger partial charge in [-0.15, -0.1) is 0 Å². The van der Waals surface area contributed by atoms with E-state index in [9.17, 15) is 14.0 Å². The zero-order valence-electron chi connectivity index (χ0n) is 14.3. The molecule has 2 heterocycles. The number of benzene rings is 2. The summed E-state index contributed by atoms with van der Waals surface area (Å²) in [6.45, 7) is 0.657. The van der Waals surface area contributed by atoms with Crippen LogP contribution in [-0.4, -0.2) is 41.2 Å². The van der Waals surface area contributed by atoms with Gasteiger partial charge in [0.2, 0.25) is 12.3 Å². The zero-order valence-corrected chi connectivity index (χ0v) is 14.3. The molecule has 5 rings (SSSR count). The molecule has 0 saturated carbocycles. The van der Waals surface area contributed by atoms with E-state index in [4.69, 9.17) is 0 Å². The van der Waals surface area contributed by atoms with Gasteiger partial charge in [-0.1, -0.05) is 30.3 Å². The van der Waals surface area contributed by atoms with E-state index in [1.54, 1.807) is 11.0 Å². The molecule has 132 valence electrons. The molecule has 0 bridgehead atoms. The summed E-state index contributed by atoms with van der Waals surface area (Å²) in [6, 6.07) is 13.1. The number of hydrogen-bond donors (Lipinski definition) is 0. The van der Waals surface area contributed by atoms with Crippen LogP contribution in [-0.2, 0) is 16.0 Å². The predicted molar refractivity (Wildman–Crippen MR) is 94.0 cm³/mol. The van der Waals surface area contributed by atoms with E-state index < -0.39 is 0 Å².